The summed E-state index contributed by atoms with van der Waals surface area (Å²) < 4.78 is 33.7. The van der Waals surface area contributed by atoms with Gasteiger partial charge in [0.15, 0.2) is 12.0 Å². The molecular formula is C35H40Cl2FN7O2. The summed E-state index contributed by atoms with van der Waals surface area (Å²) in [7, 11) is 4.26. The van der Waals surface area contributed by atoms with E-state index in [4.69, 9.17) is 47.9 Å². The maximum absolute atomic E-state index is 17.3. The lowest BCUT2D eigenvalue weighted by atomic mass is 9.94. The van der Waals surface area contributed by atoms with Crippen LogP contribution in [0.3, 0.4) is 0 Å². The van der Waals surface area contributed by atoms with E-state index in [1.165, 1.54) is 0 Å². The van der Waals surface area contributed by atoms with Crippen LogP contribution >= 0.6 is 23.2 Å². The number of aromatic nitrogens is 5. The van der Waals surface area contributed by atoms with Crippen molar-refractivity contribution in [3.8, 4) is 17.0 Å². The van der Waals surface area contributed by atoms with Gasteiger partial charge in [-0.15, -0.1) is 0 Å². The van der Waals surface area contributed by atoms with Crippen LogP contribution in [0.25, 0.3) is 43.8 Å². The van der Waals surface area contributed by atoms with E-state index in [9.17, 15) is 0 Å². The average Bonchev–Trinajstić information content (AvgIpc) is 3.81. The number of likely N-dealkylation sites (N-methyl/N-ethyl adjacent to an activating group) is 1. The van der Waals surface area contributed by atoms with E-state index in [0.717, 1.165) is 91.9 Å². The van der Waals surface area contributed by atoms with Gasteiger partial charge in [-0.1, -0.05) is 23.2 Å². The predicted octanol–water partition coefficient (Wildman–Crippen LogP) is 7.79. The fourth-order valence-corrected chi connectivity index (χ4v) is 8.28. The van der Waals surface area contributed by atoms with Crippen molar-refractivity contribution in [2.75, 3.05) is 46.9 Å². The van der Waals surface area contributed by atoms with Crippen molar-refractivity contribution >= 4 is 55.9 Å². The van der Waals surface area contributed by atoms with E-state index in [0.29, 0.717) is 35.1 Å². The zero-order valence-corrected chi connectivity index (χ0v) is 28.6. The van der Waals surface area contributed by atoms with Crippen molar-refractivity contribution in [3.63, 3.8) is 0 Å². The molecule has 2 atom stereocenters. The van der Waals surface area contributed by atoms with Crippen molar-refractivity contribution in [2.45, 2.75) is 70.2 Å². The third kappa shape index (κ3) is 5.37. The molecule has 8 rings (SSSR count). The van der Waals surface area contributed by atoms with Crippen LogP contribution < -0.4 is 4.74 Å². The van der Waals surface area contributed by atoms with Gasteiger partial charge < -0.3 is 19.3 Å². The molecule has 5 aromatic rings. The van der Waals surface area contributed by atoms with Gasteiger partial charge in [0.05, 0.1) is 39.9 Å². The first-order valence-corrected chi connectivity index (χ1v) is 17.5. The maximum atomic E-state index is 17.3. The number of piperidine rings is 1. The molecule has 0 bridgehead atoms. The summed E-state index contributed by atoms with van der Waals surface area (Å²) in [5.74, 6) is -0.115. The number of hydrogen-bond acceptors (Lipinski definition) is 7. The van der Waals surface area contributed by atoms with Gasteiger partial charge in [-0.25, -0.2) is 14.1 Å². The van der Waals surface area contributed by atoms with Crippen molar-refractivity contribution in [1.82, 2.24) is 34.3 Å². The lowest BCUT2D eigenvalue weighted by molar-refractivity contribution is -0.0366. The summed E-state index contributed by atoms with van der Waals surface area (Å²) >= 11 is 14.0. The largest absolute Gasteiger partial charge is 0.475 e. The van der Waals surface area contributed by atoms with Crippen molar-refractivity contribution in [2.24, 2.45) is 0 Å². The summed E-state index contributed by atoms with van der Waals surface area (Å²) in [6.45, 7) is 6.02. The Hall–Kier alpha value is -3.02. The fourth-order valence-electron chi connectivity index (χ4n) is 7.79. The van der Waals surface area contributed by atoms with E-state index < -0.39 is 5.82 Å². The summed E-state index contributed by atoms with van der Waals surface area (Å²) in [4.78, 5) is 9.52. The molecule has 3 fully saturated rings. The number of rotatable bonds is 6. The van der Waals surface area contributed by atoms with E-state index in [1.54, 1.807) is 6.20 Å². The van der Waals surface area contributed by atoms with Gasteiger partial charge in [0, 0.05) is 39.6 Å². The maximum Gasteiger partial charge on any atom is 0.225 e. The number of benzene rings is 2. The van der Waals surface area contributed by atoms with Gasteiger partial charge >= 0.3 is 0 Å². The summed E-state index contributed by atoms with van der Waals surface area (Å²) in [5.41, 5.74) is 3.39. The minimum absolute atomic E-state index is 0.173. The molecule has 3 saturated heterocycles. The minimum Gasteiger partial charge on any atom is -0.475 e. The summed E-state index contributed by atoms with van der Waals surface area (Å²) in [5, 5.41) is 12.5. The lowest BCUT2D eigenvalue weighted by Crippen LogP contribution is -2.31. The van der Waals surface area contributed by atoms with Crippen molar-refractivity contribution < 1.29 is 13.9 Å². The second-order valence-electron chi connectivity index (χ2n) is 13.5. The van der Waals surface area contributed by atoms with Crippen LogP contribution in [0.1, 0.15) is 62.8 Å². The Labute approximate surface area is 283 Å². The Balaban J connectivity index is 1.32. The zero-order chi connectivity index (χ0) is 32.4. The second-order valence-corrected chi connectivity index (χ2v) is 14.3. The molecule has 47 heavy (non-hydrogen) atoms. The molecule has 3 aromatic heterocycles. The molecule has 0 aliphatic carbocycles. The summed E-state index contributed by atoms with van der Waals surface area (Å²) in [6.07, 6.45) is 10.4. The van der Waals surface area contributed by atoms with Gasteiger partial charge in [-0.2, -0.15) is 10.2 Å². The highest BCUT2D eigenvalue weighted by atomic mass is 35.5. The molecule has 0 amide bonds. The fraction of sp³-hybridized carbons (Fsp3) is 0.514. The Morgan fingerprint density at radius 2 is 1.68 bits per heavy atom. The highest BCUT2D eigenvalue weighted by Gasteiger charge is 2.30. The van der Waals surface area contributed by atoms with Gasteiger partial charge in [0.25, 0.3) is 0 Å². The number of fused-ring (bicyclic) bond motifs is 4. The van der Waals surface area contributed by atoms with Crippen LogP contribution in [-0.2, 0) is 4.74 Å². The molecule has 3 aliphatic rings. The van der Waals surface area contributed by atoms with Crippen LogP contribution in [0.2, 0.25) is 10.0 Å². The molecule has 0 N–H and O–H groups in total. The minimum atomic E-state index is -0.512. The average molecular weight is 681 g/mol. The number of ether oxygens (including phenoxy) is 2. The molecule has 2 unspecified atom stereocenters. The van der Waals surface area contributed by atoms with E-state index in [-0.39, 0.29) is 34.4 Å². The van der Waals surface area contributed by atoms with Gasteiger partial charge in [-0.05, 0) is 103 Å². The van der Waals surface area contributed by atoms with Gasteiger partial charge in [-0.3, -0.25) is 4.68 Å². The number of nitrogens with zero attached hydrogens (tertiary/aromatic N) is 7. The molecule has 6 heterocycles. The topological polar surface area (TPSA) is 73.5 Å². The standard InChI is InChI=1S/C35H40Cl2FN7O2/c1-20-26(36)16-28-24(17-40-45(28)29-8-4-5-14-46-29)30(20)31-27(37)15-23-33(32(31)38)41-35(47-19-22-7-6-11-43(22)3)25-18-39-44(34(23)25)21-9-12-42(2)13-10-21/h15-18,21-22,29H,4-14,19H2,1-3H3. The smallest absolute Gasteiger partial charge is 0.225 e. The monoisotopic (exact) mass is 679 g/mol. The van der Waals surface area contributed by atoms with Gasteiger partial charge in [0.2, 0.25) is 5.88 Å². The van der Waals surface area contributed by atoms with E-state index in [2.05, 4.69) is 23.9 Å². The molecule has 0 saturated carbocycles. The highest BCUT2D eigenvalue weighted by molar-refractivity contribution is 6.36. The lowest BCUT2D eigenvalue weighted by Gasteiger charge is -2.29. The third-order valence-electron chi connectivity index (χ3n) is 10.6. The summed E-state index contributed by atoms with van der Waals surface area (Å²) in [6, 6.07) is 4.19. The predicted molar refractivity (Wildman–Crippen MR) is 184 cm³/mol. The number of halogens is 3. The van der Waals surface area contributed by atoms with E-state index >= 15 is 4.39 Å². The Morgan fingerprint density at radius 3 is 2.43 bits per heavy atom. The first kappa shape index (κ1) is 31.3. The normalized spacial score (nSPS) is 21.9. The molecule has 2 aromatic carbocycles. The van der Waals surface area contributed by atoms with E-state index in [1.807, 2.05) is 34.6 Å². The molecule has 0 radical (unpaired) electrons. The number of likely N-dealkylation sites (tertiary alicyclic amines) is 2. The first-order valence-electron chi connectivity index (χ1n) is 16.8. The molecule has 0 spiro atoms. The molecule has 3 aliphatic heterocycles. The van der Waals surface area contributed by atoms with Crippen LogP contribution in [0.5, 0.6) is 5.88 Å². The zero-order valence-electron chi connectivity index (χ0n) is 27.1. The second kappa shape index (κ2) is 12.5. The van der Waals surface area contributed by atoms with Gasteiger partial charge in [0.1, 0.15) is 12.1 Å². The van der Waals surface area contributed by atoms with Crippen molar-refractivity contribution in [3.05, 3.63) is 46.0 Å². The Bertz CT molecular complexity index is 1980. The van der Waals surface area contributed by atoms with Crippen LogP contribution in [0.15, 0.2) is 24.5 Å². The Morgan fingerprint density at radius 1 is 0.894 bits per heavy atom. The van der Waals surface area contributed by atoms with Crippen molar-refractivity contribution in [1.29, 1.82) is 0 Å². The number of hydrogen-bond donors (Lipinski definition) is 0. The quantitative estimate of drug-likeness (QED) is 0.181. The molecule has 248 valence electrons. The molecule has 12 heteroatoms. The SMILES string of the molecule is Cc1c(Cl)cc2c(cnn2C2CCCCO2)c1-c1c(Cl)cc2c(nc(OCC3CCCN3C)c3cnn(C4CCN(C)CC4)c32)c1F. The molecular weight excluding hydrogens is 640 g/mol. The third-order valence-corrected chi connectivity index (χ3v) is 11.3. The number of pyridine rings is 1. The molecule has 9 nitrogen and oxygen atoms in total. The first-order chi connectivity index (χ1) is 22.8. The van der Waals surface area contributed by atoms with Crippen LogP contribution in [0.4, 0.5) is 4.39 Å². The highest BCUT2D eigenvalue weighted by Crippen LogP contribution is 2.46. The Kier molecular flexibility index (Phi) is 8.28. The van der Waals surface area contributed by atoms with Crippen LogP contribution in [-0.4, -0.2) is 87.3 Å². The van der Waals surface area contributed by atoms with Crippen LogP contribution in [0, 0.1) is 12.7 Å².